The van der Waals surface area contributed by atoms with Gasteiger partial charge in [-0.1, -0.05) is 0 Å². The van der Waals surface area contributed by atoms with Gasteiger partial charge in [-0.05, 0) is 26.7 Å². The summed E-state index contributed by atoms with van der Waals surface area (Å²) in [5, 5.41) is 0. The predicted octanol–water partition coefficient (Wildman–Crippen LogP) is 1.29. The van der Waals surface area contributed by atoms with Crippen LogP contribution in [0.15, 0.2) is 0 Å². The third-order valence-corrected chi connectivity index (χ3v) is 2.92. The molecule has 0 aromatic heterocycles. The minimum Gasteiger partial charge on any atom is -0.325 e. The van der Waals surface area contributed by atoms with Crippen LogP contribution in [0.3, 0.4) is 0 Å². The number of likely N-dealkylation sites (N-methyl/N-ethyl adjacent to an activating group) is 1. The Labute approximate surface area is 73.3 Å². The molecule has 0 aromatic rings. The Morgan fingerprint density at radius 3 is 2.33 bits per heavy atom. The molecule has 3 heteroatoms. The summed E-state index contributed by atoms with van der Waals surface area (Å²) in [6, 6.07) is 0.562. The van der Waals surface area contributed by atoms with Gasteiger partial charge < -0.3 is 9.80 Å². The molecule has 0 unspecified atom stereocenters. The minimum absolute atomic E-state index is 0.211. The van der Waals surface area contributed by atoms with Gasteiger partial charge in [0.1, 0.15) is 0 Å². The molecule has 2 amide bonds. The van der Waals surface area contributed by atoms with E-state index in [9.17, 15) is 4.79 Å². The number of carbonyl (C=O) groups is 1. The molecule has 1 aliphatic carbocycles. The first kappa shape index (κ1) is 7.90. The maximum Gasteiger partial charge on any atom is 0.320 e. The number of rotatable bonds is 1. The summed E-state index contributed by atoms with van der Waals surface area (Å²) in [4.78, 5) is 15.5. The van der Waals surface area contributed by atoms with Gasteiger partial charge in [0.2, 0.25) is 0 Å². The molecule has 0 N–H and O–H groups in total. The van der Waals surface area contributed by atoms with E-state index >= 15 is 0 Å². The summed E-state index contributed by atoms with van der Waals surface area (Å²) in [5.41, 5.74) is 0.236. The molecule has 2 rings (SSSR count). The molecule has 1 heterocycles. The lowest BCUT2D eigenvalue weighted by molar-refractivity contribution is 0.172. The van der Waals surface area contributed by atoms with Crippen molar-refractivity contribution in [2.24, 2.45) is 0 Å². The average Bonchev–Trinajstić information content (AvgIpc) is 2.63. The van der Waals surface area contributed by atoms with Crippen LogP contribution in [-0.4, -0.2) is 41.0 Å². The Morgan fingerprint density at radius 1 is 1.42 bits per heavy atom. The first-order valence-electron chi connectivity index (χ1n) is 4.61. The summed E-state index contributed by atoms with van der Waals surface area (Å²) in [5.74, 6) is 0. The van der Waals surface area contributed by atoms with E-state index in [-0.39, 0.29) is 11.6 Å². The summed E-state index contributed by atoms with van der Waals surface area (Å²) >= 11 is 0. The second-order valence-electron chi connectivity index (χ2n) is 4.33. The Balaban J connectivity index is 2.24. The van der Waals surface area contributed by atoms with Crippen LogP contribution >= 0.6 is 0 Å². The fraction of sp³-hybridized carbons (Fsp3) is 0.889. The molecule has 1 aliphatic heterocycles. The standard InChI is InChI=1S/C9H16N2O/c1-7(2)11-8(12)10(3)6-9(11)4-5-9/h7H,4-6H2,1-3H3. The SMILES string of the molecule is CC(C)N1C(=O)N(C)CC12CC2. The molecule has 0 aromatic carbocycles. The maximum atomic E-state index is 11.7. The topological polar surface area (TPSA) is 23.6 Å². The summed E-state index contributed by atoms with van der Waals surface area (Å²) in [6.07, 6.45) is 2.39. The molecule has 3 nitrogen and oxygen atoms in total. The molecule has 1 spiro atoms. The molecule has 1 saturated carbocycles. The van der Waals surface area contributed by atoms with Gasteiger partial charge in [0.15, 0.2) is 0 Å². The van der Waals surface area contributed by atoms with Gasteiger partial charge in [0.05, 0.1) is 5.54 Å². The Hall–Kier alpha value is -0.730. The second kappa shape index (κ2) is 2.15. The van der Waals surface area contributed by atoms with Crippen LogP contribution in [0.25, 0.3) is 0 Å². The molecule has 0 bridgehead atoms. The lowest BCUT2D eigenvalue weighted by atomic mass is 10.2. The van der Waals surface area contributed by atoms with E-state index in [2.05, 4.69) is 13.8 Å². The fourth-order valence-corrected chi connectivity index (χ4v) is 2.28. The molecule has 0 atom stereocenters. The van der Waals surface area contributed by atoms with Crippen LogP contribution in [-0.2, 0) is 0 Å². The molecular weight excluding hydrogens is 152 g/mol. The van der Waals surface area contributed by atoms with Crippen LogP contribution in [0.1, 0.15) is 26.7 Å². The van der Waals surface area contributed by atoms with Crippen molar-refractivity contribution in [1.82, 2.24) is 9.80 Å². The lowest BCUT2D eigenvalue weighted by Gasteiger charge is -2.26. The highest BCUT2D eigenvalue weighted by atomic mass is 16.2. The fourth-order valence-electron chi connectivity index (χ4n) is 2.28. The molecular formula is C9H16N2O. The zero-order valence-electron chi connectivity index (χ0n) is 8.00. The van der Waals surface area contributed by atoms with Crippen LogP contribution < -0.4 is 0 Å². The summed E-state index contributed by atoms with van der Waals surface area (Å²) < 4.78 is 0. The normalized spacial score (nSPS) is 26.2. The zero-order valence-corrected chi connectivity index (χ0v) is 8.00. The molecule has 12 heavy (non-hydrogen) atoms. The van der Waals surface area contributed by atoms with Crippen molar-refractivity contribution in [2.75, 3.05) is 13.6 Å². The van der Waals surface area contributed by atoms with Gasteiger partial charge in [0.25, 0.3) is 0 Å². The lowest BCUT2D eigenvalue weighted by Crippen LogP contribution is -2.41. The summed E-state index contributed by atoms with van der Waals surface area (Å²) in [7, 11) is 1.89. The highest BCUT2D eigenvalue weighted by Gasteiger charge is 2.57. The largest absolute Gasteiger partial charge is 0.325 e. The van der Waals surface area contributed by atoms with Crippen molar-refractivity contribution in [2.45, 2.75) is 38.3 Å². The maximum absolute atomic E-state index is 11.7. The van der Waals surface area contributed by atoms with Crippen LogP contribution in [0.4, 0.5) is 4.79 Å². The van der Waals surface area contributed by atoms with Crippen molar-refractivity contribution in [3.05, 3.63) is 0 Å². The monoisotopic (exact) mass is 168 g/mol. The molecule has 0 radical (unpaired) electrons. The average molecular weight is 168 g/mol. The molecule has 68 valence electrons. The van der Waals surface area contributed by atoms with Gasteiger partial charge in [-0.25, -0.2) is 4.79 Å². The van der Waals surface area contributed by atoms with Crippen molar-refractivity contribution >= 4 is 6.03 Å². The van der Waals surface area contributed by atoms with Crippen molar-refractivity contribution in [3.63, 3.8) is 0 Å². The number of hydrogen-bond donors (Lipinski definition) is 0. The number of amides is 2. The van der Waals surface area contributed by atoms with Crippen molar-refractivity contribution in [1.29, 1.82) is 0 Å². The third kappa shape index (κ3) is 0.853. The van der Waals surface area contributed by atoms with E-state index in [4.69, 9.17) is 0 Å². The Bertz CT molecular complexity index is 221. The highest BCUT2D eigenvalue weighted by Crippen LogP contribution is 2.47. The van der Waals surface area contributed by atoms with Gasteiger partial charge in [-0.2, -0.15) is 0 Å². The Morgan fingerprint density at radius 2 is 2.00 bits per heavy atom. The highest BCUT2D eigenvalue weighted by molar-refractivity contribution is 5.79. The predicted molar refractivity (Wildman–Crippen MR) is 47.0 cm³/mol. The van der Waals surface area contributed by atoms with E-state index in [0.717, 1.165) is 6.54 Å². The van der Waals surface area contributed by atoms with Crippen molar-refractivity contribution in [3.8, 4) is 0 Å². The first-order chi connectivity index (χ1) is 5.57. The van der Waals surface area contributed by atoms with E-state index in [1.54, 1.807) is 0 Å². The van der Waals surface area contributed by atoms with Gasteiger partial charge >= 0.3 is 6.03 Å². The van der Waals surface area contributed by atoms with E-state index in [0.29, 0.717) is 6.04 Å². The first-order valence-corrected chi connectivity index (χ1v) is 4.61. The molecule has 2 aliphatic rings. The number of nitrogens with zero attached hydrogens (tertiary/aromatic N) is 2. The number of carbonyl (C=O) groups excluding carboxylic acids is 1. The zero-order chi connectivity index (χ0) is 8.93. The van der Waals surface area contributed by atoms with Crippen LogP contribution in [0.5, 0.6) is 0 Å². The molecule has 1 saturated heterocycles. The number of urea groups is 1. The van der Waals surface area contributed by atoms with Crippen molar-refractivity contribution < 1.29 is 4.79 Å². The minimum atomic E-state index is 0.211. The van der Waals surface area contributed by atoms with E-state index in [1.807, 2.05) is 16.8 Å². The number of hydrogen-bond acceptors (Lipinski definition) is 1. The molecule has 2 fully saturated rings. The van der Waals surface area contributed by atoms with Gasteiger partial charge in [-0.15, -0.1) is 0 Å². The van der Waals surface area contributed by atoms with Crippen LogP contribution in [0, 0.1) is 0 Å². The van der Waals surface area contributed by atoms with Gasteiger partial charge in [-0.3, -0.25) is 0 Å². The summed E-state index contributed by atoms with van der Waals surface area (Å²) in [6.45, 7) is 5.12. The quantitative estimate of drug-likeness (QED) is 0.579. The van der Waals surface area contributed by atoms with E-state index < -0.39 is 0 Å². The van der Waals surface area contributed by atoms with Gasteiger partial charge in [0, 0.05) is 19.6 Å². The smallest absolute Gasteiger partial charge is 0.320 e. The third-order valence-electron chi connectivity index (χ3n) is 2.92. The Kier molecular flexibility index (Phi) is 1.41. The van der Waals surface area contributed by atoms with Crippen LogP contribution in [0.2, 0.25) is 0 Å². The van der Waals surface area contributed by atoms with E-state index in [1.165, 1.54) is 12.8 Å². The second-order valence-corrected chi connectivity index (χ2v) is 4.33.